The summed E-state index contributed by atoms with van der Waals surface area (Å²) in [6, 6.07) is 0. The summed E-state index contributed by atoms with van der Waals surface area (Å²) in [5.41, 5.74) is 0.757. The number of carbonyl (C=O) groups excluding carboxylic acids is 1. The summed E-state index contributed by atoms with van der Waals surface area (Å²) < 4.78 is 4.67. The second-order valence-electron chi connectivity index (χ2n) is 3.19. The van der Waals surface area contributed by atoms with Gasteiger partial charge in [0, 0.05) is 12.2 Å². The Hall–Kier alpha value is -0.830. The molecule has 0 aromatic carbocycles. The summed E-state index contributed by atoms with van der Waals surface area (Å²) in [6.07, 6.45) is 6.18. The number of carbonyl (C=O) groups is 1. The minimum absolute atomic E-state index is 0.217. The molecule has 0 aliphatic carbocycles. The van der Waals surface area contributed by atoms with E-state index in [-0.39, 0.29) is 12.6 Å². The van der Waals surface area contributed by atoms with E-state index < -0.39 is 0 Å². The number of hydrogen-bond donors (Lipinski definition) is 1. The molecule has 0 unspecified atom stereocenters. The van der Waals surface area contributed by atoms with E-state index in [0.29, 0.717) is 0 Å². The molecular weight excluding hydrogens is 180 g/mol. The maximum atomic E-state index is 11.2. The summed E-state index contributed by atoms with van der Waals surface area (Å²) in [7, 11) is 1.40. The highest BCUT2D eigenvalue weighted by molar-refractivity contribution is 5.88. The monoisotopic (exact) mass is 200 g/mol. The number of ether oxygens (including phenoxy) is 1. The fraction of sp³-hybridized carbons (Fsp3) is 0.727. The first kappa shape index (κ1) is 13.2. The number of rotatable bonds is 7. The van der Waals surface area contributed by atoms with E-state index in [1.54, 1.807) is 0 Å². The van der Waals surface area contributed by atoms with E-state index in [1.165, 1.54) is 7.11 Å². The van der Waals surface area contributed by atoms with E-state index >= 15 is 0 Å². The van der Waals surface area contributed by atoms with Gasteiger partial charge in [0.1, 0.15) is 0 Å². The molecule has 0 saturated carbocycles. The minimum Gasteiger partial charge on any atom is -0.466 e. The van der Waals surface area contributed by atoms with Crippen molar-refractivity contribution in [1.29, 1.82) is 0 Å². The molecule has 0 aliphatic rings. The molecular formula is C11H20O3. The van der Waals surface area contributed by atoms with Gasteiger partial charge in [-0.1, -0.05) is 19.4 Å². The van der Waals surface area contributed by atoms with Crippen LogP contribution in [0.1, 0.15) is 39.0 Å². The summed E-state index contributed by atoms with van der Waals surface area (Å²) in [5.74, 6) is -0.226. The lowest BCUT2D eigenvalue weighted by molar-refractivity contribution is -0.136. The maximum absolute atomic E-state index is 11.2. The fourth-order valence-electron chi connectivity index (χ4n) is 1.22. The highest BCUT2D eigenvalue weighted by Gasteiger charge is 2.06. The topological polar surface area (TPSA) is 46.5 Å². The van der Waals surface area contributed by atoms with Gasteiger partial charge < -0.3 is 9.84 Å². The third-order valence-electron chi connectivity index (χ3n) is 1.97. The number of unbranched alkanes of at least 4 members (excludes halogenated alkanes) is 2. The first-order valence-electron chi connectivity index (χ1n) is 5.14. The fourth-order valence-corrected chi connectivity index (χ4v) is 1.22. The lowest BCUT2D eigenvalue weighted by atomic mass is 10.1. The molecule has 0 bridgehead atoms. The second-order valence-corrected chi connectivity index (χ2v) is 3.19. The van der Waals surface area contributed by atoms with Crippen molar-refractivity contribution in [3.8, 4) is 0 Å². The van der Waals surface area contributed by atoms with Gasteiger partial charge in [0.15, 0.2) is 0 Å². The van der Waals surface area contributed by atoms with Crippen LogP contribution in [0, 0.1) is 0 Å². The van der Waals surface area contributed by atoms with Gasteiger partial charge in [0.25, 0.3) is 0 Å². The normalized spacial score (nSPS) is 11.5. The zero-order valence-electron chi connectivity index (χ0n) is 9.08. The van der Waals surface area contributed by atoms with Gasteiger partial charge in [-0.2, -0.15) is 0 Å². The summed E-state index contributed by atoms with van der Waals surface area (Å²) in [5, 5.41) is 8.58. The number of esters is 1. The molecule has 0 radical (unpaired) electrons. The Balaban J connectivity index is 3.98. The molecule has 0 atom stereocenters. The van der Waals surface area contributed by atoms with Crippen molar-refractivity contribution in [2.24, 2.45) is 0 Å². The van der Waals surface area contributed by atoms with Crippen LogP contribution in [-0.2, 0) is 9.53 Å². The Morgan fingerprint density at radius 2 is 2.14 bits per heavy atom. The molecule has 0 saturated heterocycles. The van der Waals surface area contributed by atoms with Crippen molar-refractivity contribution in [2.45, 2.75) is 39.0 Å². The van der Waals surface area contributed by atoms with Gasteiger partial charge in [0.05, 0.1) is 7.11 Å². The van der Waals surface area contributed by atoms with Crippen LogP contribution in [0.5, 0.6) is 0 Å². The molecule has 0 fully saturated rings. The van der Waals surface area contributed by atoms with Crippen molar-refractivity contribution in [1.82, 2.24) is 0 Å². The quantitative estimate of drug-likeness (QED) is 0.388. The van der Waals surface area contributed by atoms with Crippen molar-refractivity contribution in [3.63, 3.8) is 0 Å². The Morgan fingerprint density at radius 1 is 1.43 bits per heavy atom. The van der Waals surface area contributed by atoms with Crippen LogP contribution in [-0.4, -0.2) is 24.8 Å². The molecule has 0 aromatic rings. The number of methoxy groups -OCH3 is 1. The molecule has 0 spiro atoms. The van der Waals surface area contributed by atoms with Gasteiger partial charge in [-0.05, 0) is 25.7 Å². The average molecular weight is 200 g/mol. The van der Waals surface area contributed by atoms with Crippen LogP contribution >= 0.6 is 0 Å². The molecule has 0 aliphatic heterocycles. The van der Waals surface area contributed by atoms with E-state index in [9.17, 15) is 4.79 Å². The van der Waals surface area contributed by atoms with Crippen LogP contribution in [0.15, 0.2) is 11.6 Å². The maximum Gasteiger partial charge on any atom is 0.333 e. The number of allylic oxidation sites excluding steroid dienone is 1. The molecule has 0 rings (SSSR count). The van der Waals surface area contributed by atoms with Gasteiger partial charge in [-0.3, -0.25) is 0 Å². The molecule has 14 heavy (non-hydrogen) atoms. The standard InChI is InChI=1S/C11H20O3/c1-3-7-10(11(13)14-2)8-5-4-6-9-12/h8,12H,3-7,9H2,1-2H3/b10-8+. The lowest BCUT2D eigenvalue weighted by Gasteiger charge is -2.03. The highest BCUT2D eigenvalue weighted by Crippen LogP contribution is 2.09. The van der Waals surface area contributed by atoms with Crippen LogP contribution in [0.2, 0.25) is 0 Å². The third kappa shape index (κ3) is 5.75. The number of hydrogen-bond acceptors (Lipinski definition) is 3. The zero-order chi connectivity index (χ0) is 10.8. The summed E-state index contributed by atoms with van der Waals surface area (Å²) in [4.78, 5) is 11.2. The van der Waals surface area contributed by atoms with E-state index in [1.807, 2.05) is 13.0 Å². The minimum atomic E-state index is -0.226. The van der Waals surface area contributed by atoms with Crippen molar-refractivity contribution in [3.05, 3.63) is 11.6 Å². The first-order valence-corrected chi connectivity index (χ1v) is 5.14. The largest absolute Gasteiger partial charge is 0.466 e. The zero-order valence-corrected chi connectivity index (χ0v) is 9.08. The molecule has 0 heterocycles. The van der Waals surface area contributed by atoms with E-state index in [2.05, 4.69) is 4.74 Å². The lowest BCUT2D eigenvalue weighted by Crippen LogP contribution is -2.04. The summed E-state index contributed by atoms with van der Waals surface area (Å²) in [6.45, 7) is 2.25. The summed E-state index contributed by atoms with van der Waals surface area (Å²) >= 11 is 0. The number of aliphatic hydroxyl groups is 1. The van der Waals surface area contributed by atoms with Gasteiger partial charge in [-0.15, -0.1) is 0 Å². The molecule has 0 amide bonds. The molecule has 3 heteroatoms. The number of aliphatic hydroxyl groups excluding tert-OH is 1. The molecule has 0 aromatic heterocycles. The Labute approximate surface area is 85.8 Å². The van der Waals surface area contributed by atoms with Gasteiger partial charge >= 0.3 is 5.97 Å². The van der Waals surface area contributed by atoms with Crippen LogP contribution in [0.3, 0.4) is 0 Å². The van der Waals surface area contributed by atoms with Crippen LogP contribution < -0.4 is 0 Å². The SMILES string of the molecule is CCC/C(=C\CCCCO)C(=O)OC. The predicted molar refractivity (Wildman–Crippen MR) is 55.9 cm³/mol. The molecule has 1 N–H and O–H groups in total. The molecule has 82 valence electrons. The first-order chi connectivity index (χ1) is 6.76. The van der Waals surface area contributed by atoms with Crippen molar-refractivity contribution < 1.29 is 14.6 Å². The third-order valence-corrected chi connectivity index (χ3v) is 1.97. The second kappa shape index (κ2) is 8.75. The predicted octanol–water partition coefficient (Wildman–Crippen LogP) is 2.05. The molecule has 3 nitrogen and oxygen atoms in total. The Kier molecular flexibility index (Phi) is 8.24. The Bertz CT molecular complexity index is 185. The highest BCUT2D eigenvalue weighted by atomic mass is 16.5. The van der Waals surface area contributed by atoms with E-state index in [0.717, 1.165) is 37.7 Å². The van der Waals surface area contributed by atoms with Gasteiger partial charge in [-0.25, -0.2) is 4.79 Å². The Morgan fingerprint density at radius 3 is 2.64 bits per heavy atom. The smallest absolute Gasteiger partial charge is 0.333 e. The van der Waals surface area contributed by atoms with Crippen LogP contribution in [0.4, 0.5) is 0 Å². The van der Waals surface area contributed by atoms with Crippen LogP contribution in [0.25, 0.3) is 0 Å². The average Bonchev–Trinajstić information content (AvgIpc) is 2.21. The van der Waals surface area contributed by atoms with Crippen molar-refractivity contribution >= 4 is 5.97 Å². The van der Waals surface area contributed by atoms with Gasteiger partial charge in [0.2, 0.25) is 0 Å². The van der Waals surface area contributed by atoms with E-state index in [4.69, 9.17) is 5.11 Å². The van der Waals surface area contributed by atoms with Crippen molar-refractivity contribution in [2.75, 3.05) is 13.7 Å².